The lowest BCUT2D eigenvalue weighted by Gasteiger charge is -1.90. The first kappa shape index (κ1) is 9.51. The Morgan fingerprint density at radius 2 is 1.64 bits per heavy atom. The van der Waals surface area contributed by atoms with Crippen LogP contribution in [0.2, 0.25) is 0 Å². The molecule has 0 amide bonds. The minimum absolute atomic E-state index is 0.750. The zero-order valence-electron chi connectivity index (χ0n) is 6.70. The van der Waals surface area contributed by atoms with Gasteiger partial charge in [0.1, 0.15) is 0 Å². The van der Waals surface area contributed by atoms with Crippen molar-refractivity contribution in [1.82, 2.24) is 0 Å². The van der Waals surface area contributed by atoms with E-state index in [2.05, 4.69) is 38.1 Å². The Morgan fingerprint density at radius 3 is 1.82 bits per heavy atom. The summed E-state index contributed by atoms with van der Waals surface area (Å²) in [6, 6.07) is 8.45. The molecule has 2 heteroatoms. The summed E-state index contributed by atoms with van der Waals surface area (Å²) in [7, 11) is 0. The molecule has 1 rings (SSSR count). The van der Waals surface area contributed by atoms with Crippen molar-refractivity contribution in [2.45, 2.75) is 13.8 Å². The van der Waals surface area contributed by atoms with Crippen molar-refractivity contribution in [2.24, 2.45) is 0 Å². The van der Waals surface area contributed by atoms with E-state index < -0.39 is 0 Å². The normalized spacial score (nSPS) is 7.36. The molecule has 0 atom stereocenters. The van der Waals surface area contributed by atoms with Gasteiger partial charge in [-0.05, 0) is 13.8 Å². The topological polar surface area (TPSA) is 44.0 Å². The second kappa shape index (κ2) is 5.31. The highest BCUT2D eigenvalue weighted by atomic mass is 16.2. The van der Waals surface area contributed by atoms with E-state index >= 15 is 0 Å². The van der Waals surface area contributed by atoms with Crippen molar-refractivity contribution >= 4 is 0 Å². The summed E-state index contributed by atoms with van der Waals surface area (Å²) in [5, 5.41) is 13.8. The molecule has 1 N–H and O–H groups in total. The molecule has 58 valence electrons. The minimum Gasteiger partial charge on any atom is -0.443 e. The van der Waals surface area contributed by atoms with Crippen LogP contribution in [0.4, 0.5) is 0 Å². The molecule has 0 fully saturated rings. The lowest BCUT2D eigenvalue weighted by Crippen LogP contribution is -1.71. The molecule has 0 aliphatic heterocycles. The van der Waals surface area contributed by atoms with Gasteiger partial charge in [0.25, 0.3) is 6.26 Å². The predicted molar refractivity (Wildman–Crippen MR) is 43.5 cm³/mol. The molecule has 0 spiro atoms. The summed E-state index contributed by atoms with van der Waals surface area (Å²) in [4.78, 5) is 0. The van der Waals surface area contributed by atoms with Crippen molar-refractivity contribution in [3.05, 3.63) is 35.4 Å². The Bertz CT molecular complexity index is 233. The van der Waals surface area contributed by atoms with Gasteiger partial charge in [-0.15, -0.1) is 0 Å². The van der Waals surface area contributed by atoms with Crippen LogP contribution < -0.4 is 0 Å². The van der Waals surface area contributed by atoms with Crippen LogP contribution in [0.3, 0.4) is 0 Å². The lowest BCUT2D eigenvalue weighted by atomic mass is 10.2. The number of nitrogens with zero attached hydrogens (tertiary/aromatic N) is 1. The van der Waals surface area contributed by atoms with E-state index in [1.807, 2.05) is 0 Å². The van der Waals surface area contributed by atoms with Gasteiger partial charge in [-0.1, -0.05) is 35.4 Å². The van der Waals surface area contributed by atoms with Gasteiger partial charge in [0.2, 0.25) is 0 Å². The fourth-order valence-corrected chi connectivity index (χ4v) is 0.807. The molecule has 0 bridgehead atoms. The number of benzene rings is 1. The average Bonchev–Trinajstić information content (AvgIpc) is 1.88. The van der Waals surface area contributed by atoms with Crippen LogP contribution in [0.1, 0.15) is 11.1 Å². The van der Waals surface area contributed by atoms with Crippen LogP contribution in [0, 0.1) is 25.4 Å². The van der Waals surface area contributed by atoms with E-state index in [0.29, 0.717) is 0 Å². The molecule has 1 aromatic carbocycles. The number of hydrogen-bond acceptors (Lipinski definition) is 2. The summed E-state index contributed by atoms with van der Waals surface area (Å²) in [5.41, 5.74) is 2.68. The Labute approximate surface area is 66.7 Å². The minimum atomic E-state index is 0.750. The molecular formula is C9H11NO. The highest BCUT2D eigenvalue weighted by Crippen LogP contribution is 2.00. The maximum Gasteiger partial charge on any atom is 0.283 e. The van der Waals surface area contributed by atoms with Crippen LogP contribution in [-0.2, 0) is 0 Å². The van der Waals surface area contributed by atoms with Gasteiger partial charge >= 0.3 is 0 Å². The second-order valence-corrected chi connectivity index (χ2v) is 2.26. The van der Waals surface area contributed by atoms with Crippen LogP contribution >= 0.6 is 0 Å². The maximum absolute atomic E-state index is 6.88. The third kappa shape index (κ3) is 4.98. The zero-order chi connectivity index (χ0) is 8.69. The molecule has 0 aromatic heterocycles. The van der Waals surface area contributed by atoms with E-state index in [0.717, 1.165) is 6.26 Å². The third-order valence-corrected chi connectivity index (χ3v) is 1.17. The monoisotopic (exact) mass is 149 g/mol. The van der Waals surface area contributed by atoms with Gasteiger partial charge in [-0.25, -0.2) is 0 Å². The first-order chi connectivity index (χ1) is 5.20. The molecule has 0 aliphatic carbocycles. The molecule has 0 unspecified atom stereocenters. The van der Waals surface area contributed by atoms with Gasteiger partial charge < -0.3 is 5.11 Å². The number of aliphatic hydroxyl groups excluding tert-OH is 1. The standard InChI is InChI=1S/C8H10.CHNO/c1-7-4-3-5-8(2)6-7;2-1-3/h3-6H,1-2H3;3H. The van der Waals surface area contributed by atoms with E-state index in [-0.39, 0.29) is 0 Å². The number of aryl methyl sites for hydroxylation is 2. The number of nitriles is 1. The van der Waals surface area contributed by atoms with Gasteiger partial charge in [0.05, 0.1) is 0 Å². The fourth-order valence-electron chi connectivity index (χ4n) is 0.807. The van der Waals surface area contributed by atoms with E-state index in [9.17, 15) is 0 Å². The van der Waals surface area contributed by atoms with Crippen molar-refractivity contribution in [2.75, 3.05) is 0 Å². The summed E-state index contributed by atoms with van der Waals surface area (Å²) in [6.45, 7) is 4.21. The Morgan fingerprint density at radius 1 is 1.27 bits per heavy atom. The van der Waals surface area contributed by atoms with Gasteiger partial charge in [-0.3, -0.25) is 0 Å². The van der Waals surface area contributed by atoms with Crippen LogP contribution in [0.15, 0.2) is 24.3 Å². The van der Waals surface area contributed by atoms with Crippen LogP contribution in [0.25, 0.3) is 0 Å². The predicted octanol–water partition coefficient (Wildman–Crippen LogP) is 2.14. The van der Waals surface area contributed by atoms with Crippen molar-refractivity contribution in [3.63, 3.8) is 0 Å². The average molecular weight is 149 g/mol. The van der Waals surface area contributed by atoms with E-state index in [4.69, 9.17) is 10.4 Å². The van der Waals surface area contributed by atoms with Crippen LogP contribution in [-0.4, -0.2) is 5.11 Å². The van der Waals surface area contributed by atoms with E-state index in [1.165, 1.54) is 11.1 Å². The molecule has 0 saturated carbocycles. The Balaban J connectivity index is 0.000000292. The summed E-state index contributed by atoms with van der Waals surface area (Å²) < 4.78 is 0. The highest BCUT2D eigenvalue weighted by Gasteiger charge is 1.80. The fraction of sp³-hybridized carbons (Fsp3) is 0.222. The molecule has 1 aromatic rings. The maximum atomic E-state index is 6.88. The molecule has 11 heavy (non-hydrogen) atoms. The molecule has 0 radical (unpaired) electrons. The molecule has 0 aliphatic rings. The third-order valence-electron chi connectivity index (χ3n) is 1.17. The SMILES string of the molecule is Cc1cccc(C)c1.N#CO. The van der Waals surface area contributed by atoms with Gasteiger partial charge in [0, 0.05) is 0 Å². The quantitative estimate of drug-likeness (QED) is 0.574. The molecular weight excluding hydrogens is 138 g/mol. The molecule has 2 nitrogen and oxygen atoms in total. The summed E-state index contributed by atoms with van der Waals surface area (Å²) in [6.07, 6.45) is 0.750. The number of hydrogen-bond donors (Lipinski definition) is 1. The molecule has 0 heterocycles. The zero-order valence-corrected chi connectivity index (χ0v) is 6.70. The van der Waals surface area contributed by atoms with Crippen molar-refractivity contribution < 1.29 is 5.11 Å². The first-order valence-electron chi connectivity index (χ1n) is 3.27. The van der Waals surface area contributed by atoms with E-state index in [1.54, 1.807) is 0 Å². The lowest BCUT2D eigenvalue weighted by molar-refractivity contribution is 0.503. The number of aliphatic hydroxyl groups is 1. The summed E-state index contributed by atoms with van der Waals surface area (Å²) in [5.74, 6) is 0. The van der Waals surface area contributed by atoms with Crippen molar-refractivity contribution in [1.29, 1.82) is 5.26 Å². The largest absolute Gasteiger partial charge is 0.443 e. The first-order valence-corrected chi connectivity index (χ1v) is 3.27. The smallest absolute Gasteiger partial charge is 0.283 e. The van der Waals surface area contributed by atoms with Crippen LogP contribution in [0.5, 0.6) is 0 Å². The molecule has 0 saturated heterocycles. The highest BCUT2D eigenvalue weighted by molar-refractivity contribution is 5.20. The number of rotatable bonds is 0. The van der Waals surface area contributed by atoms with Crippen molar-refractivity contribution in [3.8, 4) is 6.26 Å². The summed E-state index contributed by atoms with van der Waals surface area (Å²) >= 11 is 0. The Kier molecular flexibility index (Phi) is 4.59. The van der Waals surface area contributed by atoms with Gasteiger partial charge in [0.15, 0.2) is 0 Å². The Hall–Kier alpha value is -1.49. The van der Waals surface area contributed by atoms with Gasteiger partial charge in [-0.2, -0.15) is 5.26 Å². The second-order valence-electron chi connectivity index (χ2n) is 2.26.